The molecule has 128 valence electrons. The molecule has 5 nitrogen and oxygen atoms in total. The van der Waals surface area contributed by atoms with Gasteiger partial charge in [0.25, 0.3) is 5.91 Å². The zero-order chi connectivity index (χ0) is 17.2. The van der Waals surface area contributed by atoms with Crippen LogP contribution in [0.3, 0.4) is 0 Å². The minimum atomic E-state index is -0.709. The number of hydrogen-bond donors (Lipinski definition) is 2. The molecule has 0 aromatic heterocycles. The maximum Gasteiger partial charge on any atom is 0.255 e. The SMILES string of the molecule is Cc1cc(C)c(O)c(C(=O)NCC(C)(C)N2CCS(=O)CC2)c1. The van der Waals surface area contributed by atoms with Gasteiger partial charge in [-0.25, -0.2) is 0 Å². The number of amides is 1. The number of benzene rings is 1. The molecule has 6 heteroatoms. The summed E-state index contributed by atoms with van der Waals surface area (Å²) in [4.78, 5) is 14.7. The van der Waals surface area contributed by atoms with E-state index in [1.165, 1.54) is 0 Å². The molecule has 1 heterocycles. The van der Waals surface area contributed by atoms with Crippen LogP contribution in [0, 0.1) is 13.8 Å². The van der Waals surface area contributed by atoms with Gasteiger partial charge in [-0.3, -0.25) is 13.9 Å². The molecular weight excluding hydrogens is 312 g/mol. The Kier molecular flexibility index (Phi) is 5.47. The monoisotopic (exact) mass is 338 g/mol. The fourth-order valence-electron chi connectivity index (χ4n) is 2.88. The van der Waals surface area contributed by atoms with Crippen LogP contribution < -0.4 is 5.32 Å². The van der Waals surface area contributed by atoms with Crippen LogP contribution >= 0.6 is 0 Å². The average Bonchev–Trinajstić information content (AvgIpc) is 2.49. The molecule has 1 aliphatic rings. The summed E-state index contributed by atoms with van der Waals surface area (Å²) in [6.45, 7) is 9.88. The van der Waals surface area contributed by atoms with Crippen molar-refractivity contribution >= 4 is 16.7 Å². The molecule has 0 saturated carbocycles. The highest BCUT2D eigenvalue weighted by Gasteiger charge is 2.30. The Morgan fingerprint density at radius 1 is 1.30 bits per heavy atom. The lowest BCUT2D eigenvalue weighted by molar-refractivity contribution is 0.0880. The van der Waals surface area contributed by atoms with E-state index < -0.39 is 10.8 Å². The zero-order valence-corrected chi connectivity index (χ0v) is 15.1. The van der Waals surface area contributed by atoms with Gasteiger partial charge in [0.05, 0.1) is 5.56 Å². The molecule has 1 amide bonds. The summed E-state index contributed by atoms with van der Waals surface area (Å²) >= 11 is 0. The van der Waals surface area contributed by atoms with Gasteiger partial charge in [-0.2, -0.15) is 0 Å². The molecule has 0 spiro atoms. The van der Waals surface area contributed by atoms with Crippen LogP contribution in [0.4, 0.5) is 0 Å². The number of nitrogens with zero attached hydrogens (tertiary/aromatic N) is 1. The van der Waals surface area contributed by atoms with E-state index in [0.29, 0.717) is 29.2 Å². The highest BCUT2D eigenvalue weighted by atomic mass is 32.2. The van der Waals surface area contributed by atoms with Gasteiger partial charge in [0, 0.05) is 47.5 Å². The van der Waals surface area contributed by atoms with E-state index in [-0.39, 0.29) is 17.2 Å². The smallest absolute Gasteiger partial charge is 0.255 e. The van der Waals surface area contributed by atoms with Crippen LogP contribution in [-0.4, -0.2) is 56.8 Å². The van der Waals surface area contributed by atoms with Gasteiger partial charge in [0.1, 0.15) is 5.75 Å². The molecular formula is C17H26N2O3S. The first kappa shape index (κ1) is 17.9. The van der Waals surface area contributed by atoms with Gasteiger partial charge < -0.3 is 10.4 Å². The van der Waals surface area contributed by atoms with Gasteiger partial charge in [-0.1, -0.05) is 6.07 Å². The van der Waals surface area contributed by atoms with Crippen molar-refractivity contribution in [2.24, 2.45) is 0 Å². The summed E-state index contributed by atoms with van der Waals surface area (Å²) < 4.78 is 11.5. The van der Waals surface area contributed by atoms with Crippen molar-refractivity contribution in [1.82, 2.24) is 10.2 Å². The molecule has 1 fully saturated rings. The third kappa shape index (κ3) is 4.32. The number of rotatable bonds is 4. The lowest BCUT2D eigenvalue weighted by Crippen LogP contribution is -2.55. The first-order valence-corrected chi connectivity index (χ1v) is 9.38. The van der Waals surface area contributed by atoms with E-state index in [2.05, 4.69) is 24.1 Å². The largest absolute Gasteiger partial charge is 0.507 e. The van der Waals surface area contributed by atoms with Crippen LogP contribution in [0.2, 0.25) is 0 Å². The minimum absolute atomic E-state index is 0.0410. The quantitative estimate of drug-likeness (QED) is 0.874. The highest BCUT2D eigenvalue weighted by molar-refractivity contribution is 7.85. The number of carbonyl (C=O) groups is 1. The van der Waals surface area contributed by atoms with E-state index in [9.17, 15) is 14.1 Å². The third-order valence-electron chi connectivity index (χ3n) is 4.40. The molecule has 0 radical (unpaired) electrons. The fourth-order valence-corrected chi connectivity index (χ4v) is 3.93. The summed E-state index contributed by atoms with van der Waals surface area (Å²) in [6, 6.07) is 3.55. The molecule has 0 atom stereocenters. The van der Waals surface area contributed by atoms with E-state index in [0.717, 1.165) is 18.7 Å². The molecule has 2 N–H and O–H groups in total. The van der Waals surface area contributed by atoms with E-state index in [1.807, 2.05) is 13.0 Å². The van der Waals surface area contributed by atoms with Crippen molar-refractivity contribution < 1.29 is 14.1 Å². The second kappa shape index (κ2) is 7.01. The van der Waals surface area contributed by atoms with Crippen molar-refractivity contribution in [2.45, 2.75) is 33.2 Å². The molecule has 2 rings (SSSR count). The second-order valence-corrected chi connectivity index (χ2v) is 8.50. The number of carbonyl (C=O) groups excluding carboxylic acids is 1. The standard InChI is InChI=1S/C17H26N2O3S/c1-12-9-13(2)15(20)14(10-12)16(21)18-11-17(3,4)19-5-7-23(22)8-6-19/h9-10,20H,5-8,11H2,1-4H3,(H,18,21). The number of aromatic hydroxyl groups is 1. The van der Waals surface area contributed by atoms with Gasteiger partial charge in [-0.15, -0.1) is 0 Å². The Balaban J connectivity index is 2.02. The van der Waals surface area contributed by atoms with Crippen molar-refractivity contribution in [3.05, 3.63) is 28.8 Å². The molecule has 0 aliphatic carbocycles. The molecule has 1 aliphatic heterocycles. The topological polar surface area (TPSA) is 69.6 Å². The Bertz CT molecular complexity index is 619. The van der Waals surface area contributed by atoms with Crippen molar-refractivity contribution in [3.63, 3.8) is 0 Å². The molecule has 1 saturated heterocycles. The van der Waals surface area contributed by atoms with Crippen LogP contribution in [0.1, 0.15) is 35.3 Å². The van der Waals surface area contributed by atoms with E-state index in [1.54, 1.807) is 13.0 Å². The molecule has 0 unspecified atom stereocenters. The second-order valence-electron chi connectivity index (χ2n) is 6.81. The van der Waals surface area contributed by atoms with Gasteiger partial charge >= 0.3 is 0 Å². The van der Waals surface area contributed by atoms with Crippen molar-refractivity contribution in [3.8, 4) is 5.75 Å². The number of nitrogens with one attached hydrogen (secondary N) is 1. The number of aryl methyl sites for hydroxylation is 2. The summed E-state index contributed by atoms with van der Waals surface area (Å²) in [6.07, 6.45) is 0. The number of phenols is 1. The molecule has 23 heavy (non-hydrogen) atoms. The number of hydrogen-bond acceptors (Lipinski definition) is 4. The first-order chi connectivity index (χ1) is 10.7. The Morgan fingerprint density at radius 3 is 2.52 bits per heavy atom. The Labute approximate surface area is 140 Å². The van der Waals surface area contributed by atoms with Crippen molar-refractivity contribution in [2.75, 3.05) is 31.1 Å². The van der Waals surface area contributed by atoms with Gasteiger partial charge in [-0.05, 0) is 44.9 Å². The third-order valence-corrected chi connectivity index (χ3v) is 5.68. The lowest BCUT2D eigenvalue weighted by atomic mass is 10.0. The van der Waals surface area contributed by atoms with Crippen LogP contribution in [0.5, 0.6) is 5.75 Å². The van der Waals surface area contributed by atoms with Crippen LogP contribution in [0.15, 0.2) is 12.1 Å². The average molecular weight is 338 g/mol. The van der Waals surface area contributed by atoms with Gasteiger partial charge in [0.15, 0.2) is 0 Å². The fraction of sp³-hybridized carbons (Fsp3) is 0.588. The summed E-state index contributed by atoms with van der Waals surface area (Å²) in [5, 5.41) is 13.0. The summed E-state index contributed by atoms with van der Waals surface area (Å²) in [7, 11) is -0.709. The maximum absolute atomic E-state index is 12.4. The maximum atomic E-state index is 12.4. The highest BCUT2D eigenvalue weighted by Crippen LogP contribution is 2.24. The zero-order valence-electron chi connectivity index (χ0n) is 14.3. The molecule has 1 aromatic carbocycles. The molecule has 0 bridgehead atoms. The first-order valence-electron chi connectivity index (χ1n) is 7.89. The summed E-state index contributed by atoms with van der Waals surface area (Å²) in [5.41, 5.74) is 1.75. The van der Waals surface area contributed by atoms with Crippen LogP contribution in [-0.2, 0) is 10.8 Å². The van der Waals surface area contributed by atoms with E-state index >= 15 is 0 Å². The minimum Gasteiger partial charge on any atom is -0.507 e. The number of phenolic OH excluding ortho intramolecular Hbond substituents is 1. The normalized spacial score (nSPS) is 17.2. The van der Waals surface area contributed by atoms with E-state index in [4.69, 9.17) is 0 Å². The van der Waals surface area contributed by atoms with Crippen LogP contribution in [0.25, 0.3) is 0 Å². The van der Waals surface area contributed by atoms with Crippen molar-refractivity contribution in [1.29, 1.82) is 0 Å². The molecule has 1 aromatic rings. The predicted molar refractivity (Wildman–Crippen MR) is 93.4 cm³/mol. The Morgan fingerprint density at radius 2 is 1.91 bits per heavy atom. The van der Waals surface area contributed by atoms with Gasteiger partial charge in [0.2, 0.25) is 0 Å². The lowest BCUT2D eigenvalue weighted by Gasteiger charge is -2.40. The summed E-state index contributed by atoms with van der Waals surface area (Å²) in [5.74, 6) is 1.16. The Hall–Kier alpha value is -1.40. The predicted octanol–water partition coefficient (Wildman–Crippen LogP) is 1.58.